The maximum Gasteiger partial charge on any atom is 0.236 e. The second kappa shape index (κ2) is 6.70. The number of pyridine rings is 1. The van der Waals surface area contributed by atoms with Gasteiger partial charge in [-0.2, -0.15) is 9.49 Å². The van der Waals surface area contributed by atoms with E-state index >= 15 is 0 Å². The fourth-order valence-corrected chi connectivity index (χ4v) is 2.76. The lowest BCUT2D eigenvalue weighted by Gasteiger charge is -2.04. The number of thioether (sulfide) groups is 1. The molecule has 5 nitrogen and oxygen atoms in total. The minimum absolute atomic E-state index is 0.0643. The number of amides is 1. The van der Waals surface area contributed by atoms with Gasteiger partial charge in [0.2, 0.25) is 11.9 Å². The van der Waals surface area contributed by atoms with Crippen molar-refractivity contribution in [2.75, 3.05) is 5.75 Å². The Kier molecular flexibility index (Phi) is 4.47. The third kappa shape index (κ3) is 4.01. The van der Waals surface area contributed by atoms with Crippen molar-refractivity contribution in [3.05, 3.63) is 53.6 Å². The van der Waals surface area contributed by atoms with Crippen molar-refractivity contribution in [3.63, 3.8) is 0 Å². The van der Waals surface area contributed by atoms with Crippen molar-refractivity contribution in [1.82, 2.24) is 10.3 Å². The summed E-state index contributed by atoms with van der Waals surface area (Å²) in [6.45, 7) is 1.97. The van der Waals surface area contributed by atoms with Crippen LogP contribution in [-0.2, 0) is 4.79 Å². The lowest BCUT2D eigenvalue weighted by atomic mass is 10.0. The Bertz CT molecular complexity index is 802. The number of carbonyl (C=O) groups excluding carboxylic acids is 1. The molecule has 1 aromatic heterocycles. The number of hydrogen-bond acceptors (Lipinski definition) is 5. The molecule has 1 N–H and O–H groups in total. The lowest BCUT2D eigenvalue weighted by molar-refractivity contribution is -0.116. The van der Waals surface area contributed by atoms with E-state index in [1.165, 1.54) is 24.0 Å². The Labute approximate surface area is 136 Å². The summed E-state index contributed by atoms with van der Waals surface area (Å²) in [4.78, 5) is 14.7. The lowest BCUT2D eigenvalue weighted by Crippen LogP contribution is -2.19. The van der Waals surface area contributed by atoms with E-state index in [1.54, 1.807) is 12.3 Å². The molecule has 1 aliphatic heterocycles. The van der Waals surface area contributed by atoms with Gasteiger partial charge >= 0.3 is 0 Å². The Morgan fingerprint density at radius 2 is 2.17 bits per heavy atom. The zero-order valence-electron chi connectivity index (χ0n) is 12.3. The molecule has 1 amide bonds. The molecule has 0 bridgehead atoms. The molecule has 116 valence electrons. The third-order valence-electron chi connectivity index (χ3n) is 3.10. The van der Waals surface area contributed by atoms with Gasteiger partial charge < -0.3 is 5.32 Å². The van der Waals surface area contributed by atoms with Gasteiger partial charge in [-0.3, -0.25) is 4.79 Å². The van der Waals surface area contributed by atoms with Crippen LogP contribution in [0.3, 0.4) is 0 Å². The highest BCUT2D eigenvalue weighted by molar-refractivity contribution is 8.15. The molecule has 1 fully saturated rings. The van der Waals surface area contributed by atoms with Crippen LogP contribution in [0.2, 0.25) is 0 Å². The molecule has 0 radical (unpaired) electrons. The average Bonchev–Trinajstić information content (AvgIpc) is 2.93. The monoisotopic (exact) mass is 328 g/mol. The number of amidine groups is 1. The molecule has 3 rings (SSSR count). The summed E-state index contributed by atoms with van der Waals surface area (Å²) in [5, 5.41) is 11.1. The van der Waals surface area contributed by atoms with Gasteiger partial charge in [-0.25, -0.2) is 4.98 Å². The molecule has 7 heteroatoms. The topological polar surface area (TPSA) is 66.7 Å². The summed E-state index contributed by atoms with van der Waals surface area (Å²) >= 11 is 1.32. The predicted molar refractivity (Wildman–Crippen MR) is 90.0 cm³/mol. The second-order valence-corrected chi connectivity index (χ2v) is 5.95. The number of nitrogens with zero attached hydrogens (tertiary/aromatic N) is 3. The van der Waals surface area contributed by atoms with Crippen LogP contribution in [0.15, 0.2) is 46.7 Å². The molecule has 2 heterocycles. The van der Waals surface area contributed by atoms with Crippen molar-refractivity contribution >= 4 is 29.1 Å². The van der Waals surface area contributed by atoms with Crippen molar-refractivity contribution in [2.45, 2.75) is 6.92 Å². The highest BCUT2D eigenvalue weighted by Gasteiger charge is 2.15. The zero-order valence-corrected chi connectivity index (χ0v) is 13.1. The van der Waals surface area contributed by atoms with Crippen LogP contribution < -0.4 is 5.32 Å². The first-order chi connectivity index (χ1) is 11.1. The number of aryl methyl sites for hydroxylation is 1. The maximum absolute atomic E-state index is 12.9. The van der Waals surface area contributed by atoms with Crippen LogP contribution >= 0.6 is 11.8 Å². The summed E-state index contributed by atoms with van der Waals surface area (Å²) in [7, 11) is 0. The van der Waals surface area contributed by atoms with Gasteiger partial charge in [0.25, 0.3) is 0 Å². The fraction of sp³-hybridized carbons (Fsp3) is 0.125. The number of nitrogens with one attached hydrogen (secondary N) is 1. The van der Waals surface area contributed by atoms with Gasteiger partial charge in [-0.1, -0.05) is 23.9 Å². The first kappa shape index (κ1) is 15.4. The van der Waals surface area contributed by atoms with E-state index < -0.39 is 5.95 Å². The summed E-state index contributed by atoms with van der Waals surface area (Å²) in [6, 6.07) is 8.89. The summed E-state index contributed by atoms with van der Waals surface area (Å²) < 4.78 is 12.9. The molecule has 0 unspecified atom stereocenters. The van der Waals surface area contributed by atoms with Crippen molar-refractivity contribution in [2.24, 2.45) is 10.2 Å². The first-order valence-electron chi connectivity index (χ1n) is 6.87. The number of carbonyl (C=O) groups is 1. The fourth-order valence-electron chi connectivity index (χ4n) is 2.13. The number of aromatic nitrogens is 1. The van der Waals surface area contributed by atoms with Gasteiger partial charge in [-0.15, -0.1) is 5.10 Å². The second-order valence-electron chi connectivity index (χ2n) is 4.99. The average molecular weight is 328 g/mol. The van der Waals surface area contributed by atoms with Gasteiger partial charge in [0.15, 0.2) is 5.17 Å². The Morgan fingerprint density at radius 3 is 2.87 bits per heavy atom. The normalized spacial score (nSPS) is 16.3. The van der Waals surface area contributed by atoms with E-state index in [-0.39, 0.29) is 5.91 Å². The Morgan fingerprint density at radius 1 is 1.30 bits per heavy atom. The number of halogens is 1. The van der Waals surface area contributed by atoms with Crippen LogP contribution in [0.25, 0.3) is 11.1 Å². The molecular weight excluding hydrogens is 315 g/mol. The van der Waals surface area contributed by atoms with Crippen molar-refractivity contribution in [1.29, 1.82) is 0 Å². The molecule has 23 heavy (non-hydrogen) atoms. The van der Waals surface area contributed by atoms with Crippen molar-refractivity contribution in [3.8, 4) is 11.1 Å². The molecule has 1 aromatic carbocycles. The van der Waals surface area contributed by atoms with Crippen LogP contribution in [0, 0.1) is 12.9 Å². The van der Waals surface area contributed by atoms with Crippen LogP contribution in [0.1, 0.15) is 11.1 Å². The zero-order chi connectivity index (χ0) is 16.2. The quantitative estimate of drug-likeness (QED) is 0.535. The minimum atomic E-state index is -0.505. The summed E-state index contributed by atoms with van der Waals surface area (Å²) in [5.41, 5.74) is 3.66. The van der Waals surface area contributed by atoms with E-state index in [9.17, 15) is 9.18 Å². The third-order valence-corrected chi connectivity index (χ3v) is 3.97. The molecule has 1 saturated heterocycles. The Hall–Kier alpha value is -2.54. The van der Waals surface area contributed by atoms with Gasteiger partial charge in [0.1, 0.15) is 0 Å². The number of benzene rings is 1. The van der Waals surface area contributed by atoms with Crippen LogP contribution in [0.5, 0.6) is 0 Å². The summed E-state index contributed by atoms with van der Waals surface area (Å²) in [5.74, 6) is -0.193. The van der Waals surface area contributed by atoms with E-state index in [1.807, 2.05) is 25.1 Å². The smallest absolute Gasteiger partial charge is 0.236 e. The molecule has 0 aliphatic carbocycles. The van der Waals surface area contributed by atoms with Gasteiger partial charge in [-0.05, 0) is 41.8 Å². The number of rotatable bonds is 3. The molecule has 2 aromatic rings. The van der Waals surface area contributed by atoms with Gasteiger partial charge in [0.05, 0.1) is 12.0 Å². The molecular formula is C16H13FN4OS. The van der Waals surface area contributed by atoms with E-state index in [2.05, 4.69) is 20.5 Å². The SMILES string of the molecule is Cc1cc(C=NN=C2NC(=O)CS2)cc(-c2ccc(F)nc2)c1. The van der Waals surface area contributed by atoms with Crippen LogP contribution in [-0.4, -0.2) is 28.0 Å². The first-order valence-corrected chi connectivity index (χ1v) is 7.86. The van der Waals surface area contributed by atoms with E-state index in [0.717, 1.165) is 22.3 Å². The Balaban J connectivity index is 1.83. The van der Waals surface area contributed by atoms with E-state index in [0.29, 0.717) is 10.9 Å². The maximum atomic E-state index is 12.9. The molecule has 1 aliphatic rings. The highest BCUT2D eigenvalue weighted by atomic mass is 32.2. The van der Waals surface area contributed by atoms with Crippen molar-refractivity contribution < 1.29 is 9.18 Å². The van der Waals surface area contributed by atoms with E-state index in [4.69, 9.17) is 0 Å². The summed E-state index contributed by atoms with van der Waals surface area (Å²) in [6.07, 6.45) is 3.11. The number of hydrogen-bond donors (Lipinski definition) is 1. The molecule has 0 saturated carbocycles. The molecule has 0 spiro atoms. The highest BCUT2D eigenvalue weighted by Crippen LogP contribution is 2.21. The predicted octanol–water partition coefficient (Wildman–Crippen LogP) is 2.75. The van der Waals surface area contributed by atoms with Gasteiger partial charge in [0, 0.05) is 11.8 Å². The molecule has 0 atom stereocenters. The largest absolute Gasteiger partial charge is 0.303 e. The minimum Gasteiger partial charge on any atom is -0.303 e. The van der Waals surface area contributed by atoms with Crippen LogP contribution in [0.4, 0.5) is 4.39 Å². The standard InChI is InChI=1S/C16H13FN4OS/c1-10-4-11(7-19-21-16-20-15(22)9-23-16)6-13(5-10)12-2-3-14(17)18-8-12/h2-8H,9H2,1H3,(H,20,21,22).